The average molecular weight is 361 g/mol. The molecule has 2 aromatic carbocycles. The van der Waals surface area contributed by atoms with Crippen LogP contribution in [0.5, 0.6) is 0 Å². The van der Waals surface area contributed by atoms with Crippen LogP contribution in [-0.2, 0) is 4.79 Å². The Morgan fingerprint density at radius 1 is 1.08 bits per heavy atom. The Morgan fingerprint density at radius 3 is 2.36 bits per heavy atom. The molecule has 5 nitrogen and oxygen atoms in total. The lowest BCUT2D eigenvalue weighted by atomic mass is 10.1. The number of nitrogens with zero attached hydrogens (tertiary/aromatic N) is 1. The van der Waals surface area contributed by atoms with Gasteiger partial charge in [0.1, 0.15) is 5.82 Å². The molecule has 0 fully saturated rings. The van der Waals surface area contributed by atoms with E-state index in [1.54, 1.807) is 24.3 Å². The van der Waals surface area contributed by atoms with E-state index in [0.717, 1.165) is 11.0 Å². The number of anilines is 1. The number of nitrogens with one attached hydrogen (secondary N) is 1. The van der Waals surface area contributed by atoms with Gasteiger partial charge in [-0.2, -0.15) is 0 Å². The molecule has 0 atom stereocenters. The van der Waals surface area contributed by atoms with Gasteiger partial charge < -0.3 is 5.32 Å². The van der Waals surface area contributed by atoms with Crippen molar-refractivity contribution >= 4 is 35.0 Å². The number of amides is 3. The maximum absolute atomic E-state index is 13.6. The second-order valence-electron chi connectivity index (χ2n) is 5.58. The first kappa shape index (κ1) is 17.1. The van der Waals surface area contributed by atoms with E-state index >= 15 is 0 Å². The van der Waals surface area contributed by atoms with Crippen molar-refractivity contribution in [3.05, 3.63) is 64.4 Å². The van der Waals surface area contributed by atoms with Crippen molar-refractivity contribution in [2.75, 3.05) is 11.9 Å². The first-order valence-corrected chi connectivity index (χ1v) is 8.05. The number of halogens is 2. The Bertz CT molecular complexity index is 834. The zero-order valence-corrected chi connectivity index (χ0v) is 13.8. The average Bonchev–Trinajstić information content (AvgIpc) is 2.83. The predicted molar refractivity (Wildman–Crippen MR) is 91.1 cm³/mol. The van der Waals surface area contributed by atoms with Gasteiger partial charge in [0, 0.05) is 18.0 Å². The fraction of sp³-hybridized carbons (Fsp3) is 0.167. The second-order valence-corrected chi connectivity index (χ2v) is 6.02. The van der Waals surface area contributed by atoms with Gasteiger partial charge >= 0.3 is 0 Å². The third-order valence-corrected chi connectivity index (χ3v) is 4.10. The molecule has 0 radical (unpaired) electrons. The van der Waals surface area contributed by atoms with Crippen LogP contribution in [0.15, 0.2) is 42.5 Å². The first-order valence-electron chi connectivity index (χ1n) is 7.67. The highest BCUT2D eigenvalue weighted by Gasteiger charge is 2.34. The third-order valence-electron chi connectivity index (χ3n) is 3.87. The number of fused-ring (bicyclic) bond motifs is 1. The van der Waals surface area contributed by atoms with Crippen LogP contribution < -0.4 is 5.32 Å². The highest BCUT2D eigenvalue weighted by Crippen LogP contribution is 2.23. The Balaban J connectivity index is 1.55. The summed E-state index contributed by atoms with van der Waals surface area (Å²) in [6, 6.07) is 10.5. The van der Waals surface area contributed by atoms with Crippen molar-refractivity contribution in [3.8, 4) is 0 Å². The summed E-state index contributed by atoms with van der Waals surface area (Å²) in [4.78, 5) is 37.4. The zero-order chi connectivity index (χ0) is 18.0. The highest BCUT2D eigenvalue weighted by molar-refractivity contribution is 6.30. The minimum atomic E-state index is -0.585. The molecule has 0 spiro atoms. The van der Waals surface area contributed by atoms with Gasteiger partial charge in [0.15, 0.2) is 0 Å². The van der Waals surface area contributed by atoms with Crippen LogP contribution in [-0.4, -0.2) is 29.2 Å². The summed E-state index contributed by atoms with van der Waals surface area (Å²) >= 11 is 5.77. The number of hydrogen-bond acceptors (Lipinski definition) is 3. The van der Waals surface area contributed by atoms with Crippen molar-refractivity contribution in [1.29, 1.82) is 0 Å². The molecule has 0 unspecified atom stereocenters. The Morgan fingerprint density at radius 2 is 1.72 bits per heavy atom. The number of carbonyl (C=O) groups excluding carboxylic acids is 3. The van der Waals surface area contributed by atoms with E-state index in [1.165, 1.54) is 12.1 Å². The number of rotatable bonds is 5. The van der Waals surface area contributed by atoms with Crippen LogP contribution >= 0.6 is 11.6 Å². The molecular weight excluding hydrogens is 347 g/mol. The molecule has 2 aromatic rings. The summed E-state index contributed by atoms with van der Waals surface area (Å²) < 4.78 is 13.6. The van der Waals surface area contributed by atoms with Crippen molar-refractivity contribution in [2.24, 2.45) is 0 Å². The van der Waals surface area contributed by atoms with E-state index in [9.17, 15) is 18.8 Å². The second kappa shape index (κ2) is 7.03. The van der Waals surface area contributed by atoms with Gasteiger partial charge in [-0.3, -0.25) is 19.3 Å². The van der Waals surface area contributed by atoms with Gasteiger partial charge in [0.2, 0.25) is 5.91 Å². The highest BCUT2D eigenvalue weighted by atomic mass is 35.5. The standard InChI is InChI=1S/C18H14ClFN2O3/c19-11-7-8-14(20)15(10-11)21-16(23)6-3-9-22-17(24)12-4-1-2-5-13(12)18(22)25/h1-2,4-5,7-8,10H,3,6,9H2,(H,21,23). The van der Waals surface area contributed by atoms with Crippen molar-refractivity contribution in [3.63, 3.8) is 0 Å². The summed E-state index contributed by atoms with van der Waals surface area (Å²) in [5, 5.41) is 2.74. The van der Waals surface area contributed by atoms with Gasteiger partial charge in [0.05, 0.1) is 16.8 Å². The van der Waals surface area contributed by atoms with Gasteiger partial charge in [0.25, 0.3) is 11.8 Å². The van der Waals surface area contributed by atoms with Gasteiger partial charge in [-0.1, -0.05) is 23.7 Å². The molecule has 25 heavy (non-hydrogen) atoms. The number of carbonyl (C=O) groups is 3. The molecule has 7 heteroatoms. The molecule has 1 aliphatic heterocycles. The fourth-order valence-electron chi connectivity index (χ4n) is 2.65. The SMILES string of the molecule is O=C(CCCN1C(=O)c2ccccc2C1=O)Nc1cc(Cl)ccc1F. The summed E-state index contributed by atoms with van der Waals surface area (Å²) in [7, 11) is 0. The van der Waals surface area contributed by atoms with Crippen LogP contribution in [0.4, 0.5) is 10.1 Å². The molecule has 0 saturated carbocycles. The Labute approximate surface area is 148 Å². The molecular formula is C18H14ClFN2O3. The molecule has 1 heterocycles. The first-order chi connectivity index (χ1) is 12.0. The smallest absolute Gasteiger partial charge is 0.261 e. The molecule has 128 valence electrons. The molecule has 1 aliphatic rings. The lowest BCUT2D eigenvalue weighted by Gasteiger charge is -2.13. The zero-order valence-electron chi connectivity index (χ0n) is 13.1. The lowest BCUT2D eigenvalue weighted by Crippen LogP contribution is -2.31. The molecule has 3 rings (SSSR count). The normalized spacial score (nSPS) is 13.1. The maximum Gasteiger partial charge on any atom is 0.261 e. The van der Waals surface area contributed by atoms with Crippen LogP contribution in [0.2, 0.25) is 5.02 Å². The van der Waals surface area contributed by atoms with Crippen LogP contribution in [0, 0.1) is 5.82 Å². The van der Waals surface area contributed by atoms with Crippen LogP contribution in [0.1, 0.15) is 33.6 Å². The third kappa shape index (κ3) is 3.53. The minimum Gasteiger partial charge on any atom is -0.324 e. The summed E-state index contributed by atoms with van der Waals surface area (Å²) in [5.74, 6) is -1.72. The van der Waals surface area contributed by atoms with E-state index in [-0.39, 0.29) is 36.9 Å². The van der Waals surface area contributed by atoms with Gasteiger partial charge in [-0.05, 0) is 36.8 Å². The Hall–Kier alpha value is -2.73. The van der Waals surface area contributed by atoms with Gasteiger partial charge in [-0.15, -0.1) is 0 Å². The van der Waals surface area contributed by atoms with Crippen molar-refractivity contribution in [1.82, 2.24) is 4.90 Å². The number of hydrogen-bond donors (Lipinski definition) is 1. The van der Waals surface area contributed by atoms with E-state index in [0.29, 0.717) is 16.1 Å². The van der Waals surface area contributed by atoms with Crippen LogP contribution in [0.25, 0.3) is 0 Å². The molecule has 3 amide bonds. The predicted octanol–water partition coefficient (Wildman–Crippen LogP) is 3.49. The topological polar surface area (TPSA) is 66.5 Å². The summed E-state index contributed by atoms with van der Waals surface area (Å²) in [6.45, 7) is 0.123. The maximum atomic E-state index is 13.6. The molecule has 0 aliphatic carbocycles. The number of benzene rings is 2. The molecule has 0 aromatic heterocycles. The van der Waals surface area contributed by atoms with E-state index in [1.807, 2.05) is 0 Å². The van der Waals surface area contributed by atoms with E-state index < -0.39 is 11.7 Å². The largest absolute Gasteiger partial charge is 0.324 e. The summed E-state index contributed by atoms with van der Waals surface area (Å²) in [6.07, 6.45) is 0.318. The van der Waals surface area contributed by atoms with Crippen LogP contribution in [0.3, 0.4) is 0 Å². The van der Waals surface area contributed by atoms with Crippen molar-refractivity contribution < 1.29 is 18.8 Å². The van der Waals surface area contributed by atoms with E-state index in [2.05, 4.69) is 5.32 Å². The van der Waals surface area contributed by atoms with Crippen molar-refractivity contribution in [2.45, 2.75) is 12.8 Å². The van der Waals surface area contributed by atoms with E-state index in [4.69, 9.17) is 11.6 Å². The Kier molecular flexibility index (Phi) is 4.81. The fourth-order valence-corrected chi connectivity index (χ4v) is 2.82. The quantitative estimate of drug-likeness (QED) is 0.830. The molecule has 0 saturated heterocycles. The van der Waals surface area contributed by atoms with Gasteiger partial charge in [-0.25, -0.2) is 4.39 Å². The minimum absolute atomic E-state index is 0.00164. The molecule has 0 bridgehead atoms. The monoisotopic (exact) mass is 360 g/mol. The molecule has 1 N–H and O–H groups in total. The lowest BCUT2D eigenvalue weighted by molar-refractivity contribution is -0.116. The summed E-state index contributed by atoms with van der Waals surface area (Å²) in [5.41, 5.74) is 0.745. The number of imide groups is 1.